The number of hydrogen-bond donors (Lipinski definition) is 0. The Hall–Kier alpha value is -2.11. The lowest BCUT2D eigenvalue weighted by molar-refractivity contribution is -0.133. The van der Waals surface area contributed by atoms with E-state index in [1.807, 2.05) is 35.2 Å². The third-order valence-corrected chi connectivity index (χ3v) is 4.69. The molecule has 3 heterocycles. The summed E-state index contributed by atoms with van der Waals surface area (Å²) in [7, 11) is 1.96. The van der Waals surface area contributed by atoms with Gasteiger partial charge in [-0.05, 0) is 18.8 Å². The van der Waals surface area contributed by atoms with E-state index in [4.69, 9.17) is 0 Å². The van der Waals surface area contributed by atoms with Gasteiger partial charge in [0.2, 0.25) is 5.91 Å². The Morgan fingerprint density at radius 3 is 2.91 bits per heavy atom. The third kappa shape index (κ3) is 3.05. The number of imidazole rings is 2. The molecule has 0 spiro atoms. The van der Waals surface area contributed by atoms with Crippen LogP contribution < -0.4 is 0 Å². The molecule has 0 saturated carbocycles. The molecule has 0 aliphatic carbocycles. The quantitative estimate of drug-likeness (QED) is 0.863. The van der Waals surface area contributed by atoms with Crippen LogP contribution in [0, 0.1) is 5.92 Å². The molecule has 1 fully saturated rings. The van der Waals surface area contributed by atoms with Crippen molar-refractivity contribution in [1.82, 2.24) is 24.0 Å². The van der Waals surface area contributed by atoms with Gasteiger partial charge in [0.05, 0.1) is 18.7 Å². The fraction of sp³-hybridized carbons (Fsp3) is 0.562. The lowest BCUT2D eigenvalue weighted by Crippen LogP contribution is -2.43. The minimum absolute atomic E-state index is 0.234. The summed E-state index contributed by atoms with van der Waals surface area (Å²) in [5.74, 6) is 0.800. The third-order valence-electron chi connectivity index (χ3n) is 4.69. The predicted octanol–water partition coefficient (Wildman–Crippen LogP) is 1.66. The molecule has 0 unspecified atom stereocenters. The second-order valence-corrected chi connectivity index (χ2v) is 6.18. The molecule has 0 N–H and O–H groups in total. The molecule has 118 valence electrons. The largest absolute Gasteiger partial charge is 0.341 e. The van der Waals surface area contributed by atoms with Crippen LogP contribution in [0.25, 0.3) is 0 Å². The Balaban J connectivity index is 1.60. The number of piperidine rings is 1. The average molecular weight is 301 g/mol. The number of rotatable bonds is 4. The van der Waals surface area contributed by atoms with Crippen molar-refractivity contribution in [2.45, 2.75) is 32.2 Å². The summed E-state index contributed by atoms with van der Waals surface area (Å²) in [4.78, 5) is 22.7. The number of aromatic nitrogens is 4. The monoisotopic (exact) mass is 301 g/mol. The SMILES string of the molecule is C[C@H]1CCN(C(=O)CCc2cncn2C)C[C@@H]1n1ccnc1. The Morgan fingerprint density at radius 1 is 1.36 bits per heavy atom. The fourth-order valence-electron chi connectivity index (χ4n) is 3.15. The van der Waals surface area contributed by atoms with Gasteiger partial charge in [-0.1, -0.05) is 6.92 Å². The molecule has 0 radical (unpaired) electrons. The summed E-state index contributed by atoms with van der Waals surface area (Å²) in [6, 6.07) is 0.330. The van der Waals surface area contributed by atoms with Crippen molar-refractivity contribution in [1.29, 1.82) is 0 Å². The number of carbonyl (C=O) groups excluding carboxylic acids is 1. The first-order valence-electron chi connectivity index (χ1n) is 7.85. The first-order valence-corrected chi connectivity index (χ1v) is 7.85. The first-order chi connectivity index (χ1) is 10.6. The summed E-state index contributed by atoms with van der Waals surface area (Å²) in [5, 5.41) is 0. The van der Waals surface area contributed by atoms with Crippen molar-refractivity contribution in [2.75, 3.05) is 13.1 Å². The van der Waals surface area contributed by atoms with Crippen LogP contribution in [-0.2, 0) is 18.3 Å². The smallest absolute Gasteiger partial charge is 0.223 e. The van der Waals surface area contributed by atoms with Gasteiger partial charge in [0.1, 0.15) is 0 Å². The number of nitrogens with zero attached hydrogens (tertiary/aromatic N) is 5. The van der Waals surface area contributed by atoms with Gasteiger partial charge in [-0.25, -0.2) is 9.97 Å². The van der Waals surface area contributed by atoms with Crippen LogP contribution in [0.15, 0.2) is 31.2 Å². The highest BCUT2D eigenvalue weighted by Gasteiger charge is 2.29. The molecular weight excluding hydrogens is 278 g/mol. The summed E-state index contributed by atoms with van der Waals surface area (Å²) in [6.45, 7) is 3.89. The normalized spacial score (nSPS) is 22.0. The zero-order valence-corrected chi connectivity index (χ0v) is 13.2. The van der Waals surface area contributed by atoms with Gasteiger partial charge in [0, 0.05) is 50.8 Å². The van der Waals surface area contributed by atoms with E-state index < -0.39 is 0 Å². The molecule has 1 aliphatic rings. The van der Waals surface area contributed by atoms with Crippen LogP contribution >= 0.6 is 0 Å². The van der Waals surface area contributed by atoms with Gasteiger partial charge in [-0.2, -0.15) is 0 Å². The predicted molar refractivity (Wildman–Crippen MR) is 83.2 cm³/mol. The van der Waals surface area contributed by atoms with E-state index in [0.717, 1.165) is 31.6 Å². The molecule has 0 aromatic carbocycles. The van der Waals surface area contributed by atoms with Crippen molar-refractivity contribution in [3.05, 3.63) is 36.9 Å². The Kier molecular flexibility index (Phi) is 4.27. The fourth-order valence-corrected chi connectivity index (χ4v) is 3.15. The lowest BCUT2D eigenvalue weighted by atomic mass is 9.93. The highest BCUT2D eigenvalue weighted by atomic mass is 16.2. The second kappa shape index (κ2) is 6.34. The van der Waals surface area contributed by atoms with E-state index in [1.54, 1.807) is 12.5 Å². The minimum atomic E-state index is 0.234. The number of amides is 1. The van der Waals surface area contributed by atoms with Gasteiger partial charge in [0.25, 0.3) is 0 Å². The number of aryl methyl sites for hydroxylation is 2. The zero-order valence-electron chi connectivity index (χ0n) is 13.2. The molecule has 3 rings (SSSR count). The number of likely N-dealkylation sites (tertiary alicyclic amines) is 1. The number of hydrogen-bond acceptors (Lipinski definition) is 3. The Bertz CT molecular complexity index is 618. The molecule has 1 saturated heterocycles. The Morgan fingerprint density at radius 2 is 2.23 bits per heavy atom. The van der Waals surface area contributed by atoms with Crippen molar-refractivity contribution in [3.8, 4) is 0 Å². The topological polar surface area (TPSA) is 56.0 Å². The molecular formula is C16H23N5O. The zero-order chi connectivity index (χ0) is 15.5. The molecule has 2 aromatic heterocycles. The van der Waals surface area contributed by atoms with E-state index in [-0.39, 0.29) is 5.91 Å². The molecule has 6 heteroatoms. The molecule has 0 bridgehead atoms. The van der Waals surface area contributed by atoms with Crippen LogP contribution in [-0.4, -0.2) is 43.0 Å². The molecule has 2 aromatic rings. The molecule has 1 aliphatic heterocycles. The van der Waals surface area contributed by atoms with Gasteiger partial charge in [0.15, 0.2) is 0 Å². The summed E-state index contributed by atoms with van der Waals surface area (Å²) in [6.07, 6.45) is 11.6. The maximum Gasteiger partial charge on any atom is 0.223 e. The summed E-state index contributed by atoms with van der Waals surface area (Å²) < 4.78 is 4.10. The maximum atomic E-state index is 12.5. The van der Waals surface area contributed by atoms with Gasteiger partial charge >= 0.3 is 0 Å². The Labute approximate surface area is 130 Å². The second-order valence-electron chi connectivity index (χ2n) is 6.18. The van der Waals surface area contributed by atoms with Crippen LogP contribution in [0.1, 0.15) is 31.5 Å². The average Bonchev–Trinajstić information content (AvgIpc) is 3.17. The van der Waals surface area contributed by atoms with Gasteiger partial charge < -0.3 is 14.0 Å². The summed E-state index contributed by atoms with van der Waals surface area (Å²) >= 11 is 0. The molecule has 22 heavy (non-hydrogen) atoms. The van der Waals surface area contributed by atoms with Crippen molar-refractivity contribution in [2.24, 2.45) is 13.0 Å². The molecule has 1 amide bonds. The number of carbonyl (C=O) groups is 1. The van der Waals surface area contributed by atoms with E-state index >= 15 is 0 Å². The molecule has 2 atom stereocenters. The summed E-state index contributed by atoms with van der Waals surface area (Å²) in [5.41, 5.74) is 1.10. The van der Waals surface area contributed by atoms with Crippen LogP contribution in [0.3, 0.4) is 0 Å². The standard InChI is InChI=1S/C16H23N5O/c1-13-5-7-20(10-15(13)21-8-6-17-12-21)16(22)4-3-14-9-18-11-19(14)2/h6,8-9,11-13,15H,3-5,7,10H2,1-2H3/t13-,15-/m0/s1. The van der Waals surface area contributed by atoms with Crippen LogP contribution in [0.4, 0.5) is 0 Å². The van der Waals surface area contributed by atoms with E-state index in [0.29, 0.717) is 18.4 Å². The van der Waals surface area contributed by atoms with Gasteiger partial charge in [-0.3, -0.25) is 4.79 Å². The molecule has 6 nitrogen and oxygen atoms in total. The van der Waals surface area contributed by atoms with Crippen LogP contribution in [0.5, 0.6) is 0 Å². The van der Waals surface area contributed by atoms with E-state index in [9.17, 15) is 4.79 Å². The highest BCUT2D eigenvalue weighted by Crippen LogP contribution is 2.27. The minimum Gasteiger partial charge on any atom is -0.341 e. The van der Waals surface area contributed by atoms with Crippen LogP contribution in [0.2, 0.25) is 0 Å². The van der Waals surface area contributed by atoms with Crippen molar-refractivity contribution < 1.29 is 4.79 Å². The van der Waals surface area contributed by atoms with Crippen molar-refractivity contribution in [3.63, 3.8) is 0 Å². The van der Waals surface area contributed by atoms with Crippen molar-refractivity contribution >= 4 is 5.91 Å². The van der Waals surface area contributed by atoms with Gasteiger partial charge in [-0.15, -0.1) is 0 Å². The first kappa shape index (κ1) is 14.8. The van der Waals surface area contributed by atoms with E-state index in [1.165, 1.54) is 0 Å². The highest BCUT2D eigenvalue weighted by molar-refractivity contribution is 5.76. The maximum absolute atomic E-state index is 12.5. The van der Waals surface area contributed by atoms with E-state index in [2.05, 4.69) is 21.5 Å². The lowest BCUT2D eigenvalue weighted by Gasteiger charge is -2.37.